The molecule has 0 saturated heterocycles. The number of rotatable bonds is 5. The Labute approximate surface area is 107 Å². The van der Waals surface area contributed by atoms with Gasteiger partial charge in [0.25, 0.3) is 0 Å². The number of carbonyl (C=O) groups excluding carboxylic acids is 1. The van der Waals surface area contributed by atoms with Crippen LogP contribution in [0.5, 0.6) is 5.75 Å². The van der Waals surface area contributed by atoms with E-state index in [0.717, 1.165) is 6.07 Å². The van der Waals surface area contributed by atoms with Gasteiger partial charge in [0.15, 0.2) is 0 Å². The Morgan fingerprint density at radius 2 is 2.16 bits per heavy atom. The minimum absolute atomic E-state index is 0.0587. The van der Waals surface area contributed by atoms with E-state index < -0.39 is 30.6 Å². The summed E-state index contributed by atoms with van der Waals surface area (Å²) in [5, 5.41) is 8.90. The van der Waals surface area contributed by atoms with Crippen molar-refractivity contribution in [2.24, 2.45) is 0 Å². The fourth-order valence-corrected chi connectivity index (χ4v) is 1.46. The molecule has 1 rings (SSSR count). The summed E-state index contributed by atoms with van der Waals surface area (Å²) in [7, 11) is 0. The summed E-state index contributed by atoms with van der Waals surface area (Å²) in [5.74, 6) is -2.17. The zero-order valence-corrected chi connectivity index (χ0v) is 9.95. The lowest BCUT2D eigenvalue weighted by atomic mass is 10.0. The first-order valence-electron chi connectivity index (χ1n) is 5.30. The summed E-state index contributed by atoms with van der Waals surface area (Å²) in [5.41, 5.74) is -0.369. The molecule has 0 fully saturated rings. The average molecular weight is 273 g/mol. The Kier molecular flexibility index (Phi) is 5.18. The number of carbonyl (C=O) groups is 1. The van der Waals surface area contributed by atoms with Gasteiger partial charge < -0.3 is 9.47 Å². The lowest BCUT2D eigenvalue weighted by Gasteiger charge is -2.10. The Balaban J connectivity index is 3.13. The van der Waals surface area contributed by atoms with Gasteiger partial charge in [0.2, 0.25) is 0 Å². The third-order valence-corrected chi connectivity index (χ3v) is 2.12. The second kappa shape index (κ2) is 6.64. The van der Waals surface area contributed by atoms with Crippen molar-refractivity contribution in [1.29, 1.82) is 5.26 Å². The number of ether oxygens (including phenoxy) is 2. The molecule has 0 aromatic heterocycles. The molecule has 0 aliphatic rings. The normalized spacial score (nSPS) is 10.1. The van der Waals surface area contributed by atoms with Crippen molar-refractivity contribution in [1.82, 2.24) is 0 Å². The van der Waals surface area contributed by atoms with Crippen LogP contribution in [0.15, 0.2) is 12.1 Å². The highest BCUT2D eigenvalue weighted by Gasteiger charge is 2.18. The van der Waals surface area contributed by atoms with E-state index in [1.807, 2.05) is 0 Å². The SMILES string of the molecule is CCOC(=O)Cc1cc(F)cc(OC(F)F)c1C#N. The highest BCUT2D eigenvalue weighted by atomic mass is 19.3. The molecule has 1 aromatic rings. The number of alkyl halides is 2. The molecule has 0 N–H and O–H groups in total. The number of hydrogen-bond acceptors (Lipinski definition) is 4. The Bertz CT molecular complexity index is 512. The van der Waals surface area contributed by atoms with E-state index in [1.165, 1.54) is 0 Å². The second-order valence-corrected chi connectivity index (χ2v) is 3.41. The van der Waals surface area contributed by atoms with Crippen LogP contribution in [0.3, 0.4) is 0 Å². The maximum atomic E-state index is 13.2. The molecule has 0 aliphatic heterocycles. The lowest BCUT2D eigenvalue weighted by Crippen LogP contribution is -2.11. The molecule has 0 aliphatic carbocycles. The molecule has 0 radical (unpaired) electrons. The molecule has 0 bridgehead atoms. The molecule has 0 heterocycles. The Morgan fingerprint density at radius 3 is 2.68 bits per heavy atom. The smallest absolute Gasteiger partial charge is 0.387 e. The number of esters is 1. The summed E-state index contributed by atoms with van der Waals surface area (Å²) in [4.78, 5) is 11.3. The van der Waals surface area contributed by atoms with Gasteiger partial charge in [-0.05, 0) is 18.6 Å². The zero-order valence-electron chi connectivity index (χ0n) is 9.95. The predicted molar refractivity (Wildman–Crippen MR) is 58.1 cm³/mol. The minimum atomic E-state index is -3.19. The number of halogens is 3. The van der Waals surface area contributed by atoms with Gasteiger partial charge in [0.05, 0.1) is 18.6 Å². The number of hydrogen-bond donors (Lipinski definition) is 0. The molecule has 4 nitrogen and oxygen atoms in total. The molecule has 0 saturated carbocycles. The van der Waals surface area contributed by atoms with Gasteiger partial charge in [-0.2, -0.15) is 14.0 Å². The van der Waals surface area contributed by atoms with Crippen molar-refractivity contribution in [2.75, 3.05) is 6.61 Å². The molecular weight excluding hydrogens is 263 g/mol. The van der Waals surface area contributed by atoms with E-state index >= 15 is 0 Å². The Hall–Kier alpha value is -2.23. The summed E-state index contributed by atoms with van der Waals surface area (Å²) < 4.78 is 46.2. The van der Waals surface area contributed by atoms with Crippen molar-refractivity contribution in [3.05, 3.63) is 29.1 Å². The van der Waals surface area contributed by atoms with Gasteiger partial charge in [-0.3, -0.25) is 4.79 Å². The first-order chi connectivity index (χ1) is 8.97. The molecule has 0 unspecified atom stereocenters. The molecule has 0 amide bonds. The molecule has 19 heavy (non-hydrogen) atoms. The zero-order chi connectivity index (χ0) is 14.4. The van der Waals surface area contributed by atoms with Crippen LogP contribution in [0.25, 0.3) is 0 Å². The molecule has 7 heteroatoms. The minimum Gasteiger partial charge on any atom is -0.466 e. The standard InChI is InChI=1S/C12H10F3NO3/c1-2-18-11(17)4-7-3-8(13)5-10(9(7)6-16)19-12(14)15/h3,5,12H,2,4H2,1H3. The quantitative estimate of drug-likeness (QED) is 0.773. The highest BCUT2D eigenvalue weighted by Crippen LogP contribution is 2.26. The van der Waals surface area contributed by atoms with E-state index in [1.54, 1.807) is 13.0 Å². The summed E-state index contributed by atoms with van der Waals surface area (Å²) >= 11 is 0. The van der Waals surface area contributed by atoms with Crippen molar-refractivity contribution in [2.45, 2.75) is 20.0 Å². The van der Waals surface area contributed by atoms with Gasteiger partial charge >= 0.3 is 12.6 Å². The number of nitriles is 1. The van der Waals surface area contributed by atoms with Crippen LogP contribution in [-0.2, 0) is 16.0 Å². The molecule has 0 atom stereocenters. The van der Waals surface area contributed by atoms with Gasteiger partial charge in [-0.15, -0.1) is 0 Å². The van der Waals surface area contributed by atoms with Gasteiger partial charge in [0, 0.05) is 6.07 Å². The van der Waals surface area contributed by atoms with E-state index in [9.17, 15) is 18.0 Å². The first-order valence-corrected chi connectivity index (χ1v) is 5.30. The topological polar surface area (TPSA) is 59.3 Å². The van der Waals surface area contributed by atoms with Gasteiger partial charge in [-0.1, -0.05) is 0 Å². The van der Waals surface area contributed by atoms with Gasteiger partial charge in [-0.25, -0.2) is 4.39 Å². The fraction of sp³-hybridized carbons (Fsp3) is 0.333. The second-order valence-electron chi connectivity index (χ2n) is 3.41. The van der Waals surface area contributed by atoms with Crippen molar-refractivity contribution >= 4 is 5.97 Å². The van der Waals surface area contributed by atoms with Crippen molar-refractivity contribution in [3.63, 3.8) is 0 Å². The van der Waals surface area contributed by atoms with Crippen LogP contribution in [0, 0.1) is 17.1 Å². The molecular formula is C12H10F3NO3. The first kappa shape index (κ1) is 14.8. The van der Waals surface area contributed by atoms with Crippen molar-refractivity contribution in [3.8, 4) is 11.8 Å². The van der Waals surface area contributed by atoms with E-state index in [4.69, 9.17) is 5.26 Å². The molecule has 102 valence electrons. The highest BCUT2D eigenvalue weighted by molar-refractivity contribution is 5.74. The third kappa shape index (κ3) is 4.17. The van der Waals surface area contributed by atoms with Crippen LogP contribution < -0.4 is 4.74 Å². The Morgan fingerprint density at radius 1 is 1.47 bits per heavy atom. The monoisotopic (exact) mass is 273 g/mol. The largest absolute Gasteiger partial charge is 0.466 e. The fourth-order valence-electron chi connectivity index (χ4n) is 1.46. The average Bonchev–Trinajstić information content (AvgIpc) is 2.27. The summed E-state index contributed by atoms with van der Waals surface area (Å²) in [6.45, 7) is -1.49. The van der Waals surface area contributed by atoms with Crippen LogP contribution >= 0.6 is 0 Å². The number of benzene rings is 1. The summed E-state index contributed by atoms with van der Waals surface area (Å²) in [6, 6.07) is 3.19. The predicted octanol–water partition coefficient (Wildman–Crippen LogP) is 2.40. The number of nitrogens with zero attached hydrogens (tertiary/aromatic N) is 1. The van der Waals surface area contributed by atoms with Crippen molar-refractivity contribution < 1.29 is 27.4 Å². The van der Waals surface area contributed by atoms with E-state index in [-0.39, 0.29) is 17.7 Å². The van der Waals surface area contributed by atoms with Crippen LogP contribution in [0.4, 0.5) is 13.2 Å². The summed E-state index contributed by atoms with van der Waals surface area (Å²) in [6.07, 6.45) is -0.395. The lowest BCUT2D eigenvalue weighted by molar-refractivity contribution is -0.142. The maximum Gasteiger partial charge on any atom is 0.387 e. The molecule has 0 spiro atoms. The van der Waals surface area contributed by atoms with E-state index in [2.05, 4.69) is 9.47 Å². The van der Waals surface area contributed by atoms with Crippen LogP contribution in [-0.4, -0.2) is 19.2 Å². The molecule has 1 aromatic carbocycles. The third-order valence-electron chi connectivity index (χ3n) is 2.12. The maximum absolute atomic E-state index is 13.2. The van der Waals surface area contributed by atoms with Gasteiger partial charge in [0.1, 0.15) is 17.6 Å². The van der Waals surface area contributed by atoms with Crippen LogP contribution in [0.1, 0.15) is 18.1 Å². The van der Waals surface area contributed by atoms with E-state index in [0.29, 0.717) is 6.07 Å². The van der Waals surface area contributed by atoms with Crippen LogP contribution in [0.2, 0.25) is 0 Å².